The lowest BCUT2D eigenvalue weighted by Gasteiger charge is -2.14. The van der Waals surface area contributed by atoms with Gasteiger partial charge in [0.15, 0.2) is 0 Å². The first-order chi connectivity index (χ1) is 10.2. The second-order valence-corrected chi connectivity index (χ2v) is 5.45. The van der Waals surface area contributed by atoms with Gasteiger partial charge in [-0.05, 0) is 41.4 Å². The minimum Gasteiger partial charge on any atom is -0.497 e. The van der Waals surface area contributed by atoms with Crippen LogP contribution in [0.3, 0.4) is 0 Å². The van der Waals surface area contributed by atoms with Gasteiger partial charge in [0.2, 0.25) is 0 Å². The van der Waals surface area contributed by atoms with E-state index in [2.05, 4.69) is 43.5 Å². The molecule has 112 valence electrons. The van der Waals surface area contributed by atoms with Crippen molar-refractivity contribution in [1.82, 2.24) is 9.97 Å². The molecule has 1 aromatic carbocycles. The predicted octanol–water partition coefficient (Wildman–Crippen LogP) is 4.12. The Morgan fingerprint density at radius 1 is 1.24 bits per heavy atom. The maximum atomic E-state index is 5.25. The molecule has 0 amide bonds. The number of nitrogens with zero attached hydrogens (tertiary/aromatic N) is 2. The third kappa shape index (κ3) is 3.85. The molecule has 0 atom stereocenters. The van der Waals surface area contributed by atoms with Crippen molar-refractivity contribution in [1.29, 1.82) is 0 Å². The number of nitrogens with one attached hydrogen (secondary N) is 2. The van der Waals surface area contributed by atoms with Crippen LogP contribution in [0, 0.1) is 6.92 Å². The van der Waals surface area contributed by atoms with Crippen LogP contribution in [-0.4, -0.2) is 23.6 Å². The van der Waals surface area contributed by atoms with Crippen LogP contribution < -0.4 is 15.4 Å². The van der Waals surface area contributed by atoms with Crippen LogP contribution in [0.15, 0.2) is 29.0 Å². The summed E-state index contributed by atoms with van der Waals surface area (Å²) in [6.45, 7) is 5.00. The summed E-state index contributed by atoms with van der Waals surface area (Å²) >= 11 is 3.53. The standard InChI is InChI=1S/C15H19BrN4O/c1-4-7-17-14-10(2)15(19-9-18-14)20-13-8-11(21-3)5-6-12(13)16/h5-6,8-9H,4,7H2,1-3H3,(H2,17,18,19,20). The summed E-state index contributed by atoms with van der Waals surface area (Å²) in [5.41, 5.74) is 1.89. The highest BCUT2D eigenvalue weighted by Crippen LogP contribution is 2.31. The van der Waals surface area contributed by atoms with E-state index in [1.165, 1.54) is 0 Å². The van der Waals surface area contributed by atoms with Crippen LogP contribution in [0.2, 0.25) is 0 Å². The molecule has 0 fully saturated rings. The fourth-order valence-electron chi connectivity index (χ4n) is 1.85. The average molecular weight is 351 g/mol. The highest BCUT2D eigenvalue weighted by molar-refractivity contribution is 9.10. The minimum absolute atomic E-state index is 0.776. The molecular formula is C15H19BrN4O. The van der Waals surface area contributed by atoms with Gasteiger partial charge in [0, 0.05) is 22.6 Å². The van der Waals surface area contributed by atoms with E-state index in [-0.39, 0.29) is 0 Å². The SMILES string of the molecule is CCCNc1ncnc(Nc2cc(OC)ccc2Br)c1C. The Bertz CT molecular complexity index is 619. The van der Waals surface area contributed by atoms with Crippen molar-refractivity contribution in [3.05, 3.63) is 34.6 Å². The van der Waals surface area contributed by atoms with E-state index in [0.717, 1.165) is 46.1 Å². The van der Waals surface area contributed by atoms with Crippen molar-refractivity contribution in [2.75, 3.05) is 24.3 Å². The summed E-state index contributed by atoms with van der Waals surface area (Å²) in [4.78, 5) is 8.59. The largest absolute Gasteiger partial charge is 0.497 e. The van der Waals surface area contributed by atoms with Gasteiger partial charge in [0.05, 0.1) is 12.8 Å². The Morgan fingerprint density at radius 2 is 2.00 bits per heavy atom. The Balaban J connectivity index is 2.27. The molecule has 0 unspecified atom stereocenters. The summed E-state index contributed by atoms with van der Waals surface area (Å²) in [6.07, 6.45) is 2.61. The Morgan fingerprint density at radius 3 is 2.71 bits per heavy atom. The summed E-state index contributed by atoms with van der Waals surface area (Å²) in [7, 11) is 1.65. The van der Waals surface area contributed by atoms with E-state index in [4.69, 9.17) is 4.74 Å². The van der Waals surface area contributed by atoms with Gasteiger partial charge in [-0.1, -0.05) is 6.92 Å². The molecule has 21 heavy (non-hydrogen) atoms. The van der Waals surface area contributed by atoms with Gasteiger partial charge in [-0.25, -0.2) is 9.97 Å². The maximum absolute atomic E-state index is 5.25. The molecule has 2 rings (SSSR count). The topological polar surface area (TPSA) is 59.1 Å². The molecule has 0 bridgehead atoms. The number of rotatable bonds is 6. The molecule has 0 aliphatic heterocycles. The molecule has 5 nitrogen and oxygen atoms in total. The van der Waals surface area contributed by atoms with Crippen molar-refractivity contribution in [3.8, 4) is 5.75 Å². The van der Waals surface area contributed by atoms with E-state index in [0.29, 0.717) is 0 Å². The summed E-state index contributed by atoms with van der Waals surface area (Å²) in [5, 5.41) is 6.61. The number of benzene rings is 1. The monoisotopic (exact) mass is 350 g/mol. The lowest BCUT2D eigenvalue weighted by atomic mass is 10.2. The lowest BCUT2D eigenvalue weighted by Crippen LogP contribution is -2.07. The molecular weight excluding hydrogens is 332 g/mol. The van der Waals surface area contributed by atoms with E-state index in [9.17, 15) is 0 Å². The minimum atomic E-state index is 0.776. The second-order valence-electron chi connectivity index (χ2n) is 4.59. The van der Waals surface area contributed by atoms with Crippen LogP contribution in [0.25, 0.3) is 0 Å². The molecule has 0 saturated heterocycles. The van der Waals surface area contributed by atoms with Gasteiger partial charge in [-0.3, -0.25) is 0 Å². The van der Waals surface area contributed by atoms with Gasteiger partial charge in [-0.2, -0.15) is 0 Å². The number of aromatic nitrogens is 2. The number of ether oxygens (including phenoxy) is 1. The molecule has 0 aliphatic rings. The number of methoxy groups -OCH3 is 1. The second kappa shape index (κ2) is 7.26. The summed E-state index contributed by atoms with van der Waals surface area (Å²) < 4.78 is 6.20. The lowest BCUT2D eigenvalue weighted by molar-refractivity contribution is 0.415. The zero-order valence-electron chi connectivity index (χ0n) is 12.4. The molecule has 0 spiro atoms. The zero-order valence-corrected chi connectivity index (χ0v) is 14.0. The molecule has 1 heterocycles. The van der Waals surface area contributed by atoms with E-state index < -0.39 is 0 Å². The fraction of sp³-hybridized carbons (Fsp3) is 0.333. The molecule has 0 saturated carbocycles. The Labute approximate surface area is 133 Å². The first kappa shape index (κ1) is 15.6. The van der Waals surface area contributed by atoms with Gasteiger partial charge in [0.25, 0.3) is 0 Å². The summed E-state index contributed by atoms with van der Waals surface area (Å²) in [6, 6.07) is 5.76. The van der Waals surface area contributed by atoms with Gasteiger partial charge in [0.1, 0.15) is 23.7 Å². The van der Waals surface area contributed by atoms with Crippen molar-refractivity contribution in [3.63, 3.8) is 0 Å². The fourth-order valence-corrected chi connectivity index (χ4v) is 2.20. The Kier molecular flexibility index (Phi) is 5.38. The predicted molar refractivity (Wildman–Crippen MR) is 89.5 cm³/mol. The molecule has 0 radical (unpaired) electrons. The highest BCUT2D eigenvalue weighted by atomic mass is 79.9. The van der Waals surface area contributed by atoms with Crippen molar-refractivity contribution in [2.24, 2.45) is 0 Å². The molecule has 1 aromatic heterocycles. The van der Waals surface area contributed by atoms with Crippen molar-refractivity contribution < 1.29 is 4.74 Å². The summed E-state index contributed by atoms with van der Waals surface area (Å²) in [5.74, 6) is 2.42. The number of halogens is 1. The molecule has 2 N–H and O–H groups in total. The normalized spacial score (nSPS) is 10.3. The molecule has 0 aliphatic carbocycles. The Hall–Kier alpha value is -1.82. The van der Waals surface area contributed by atoms with Crippen LogP contribution in [0.1, 0.15) is 18.9 Å². The molecule has 6 heteroatoms. The first-order valence-electron chi connectivity index (χ1n) is 6.81. The smallest absolute Gasteiger partial charge is 0.138 e. The first-order valence-corrected chi connectivity index (χ1v) is 7.61. The van der Waals surface area contributed by atoms with Crippen molar-refractivity contribution in [2.45, 2.75) is 20.3 Å². The van der Waals surface area contributed by atoms with E-state index in [1.54, 1.807) is 13.4 Å². The molecule has 2 aromatic rings. The van der Waals surface area contributed by atoms with E-state index >= 15 is 0 Å². The van der Waals surface area contributed by atoms with Crippen LogP contribution in [-0.2, 0) is 0 Å². The van der Waals surface area contributed by atoms with Gasteiger partial charge in [-0.15, -0.1) is 0 Å². The quantitative estimate of drug-likeness (QED) is 0.820. The van der Waals surface area contributed by atoms with E-state index in [1.807, 2.05) is 25.1 Å². The number of anilines is 3. The highest BCUT2D eigenvalue weighted by Gasteiger charge is 2.09. The number of hydrogen-bond donors (Lipinski definition) is 2. The van der Waals surface area contributed by atoms with Crippen LogP contribution >= 0.6 is 15.9 Å². The third-order valence-corrected chi connectivity index (χ3v) is 3.74. The van der Waals surface area contributed by atoms with Crippen LogP contribution in [0.5, 0.6) is 5.75 Å². The van der Waals surface area contributed by atoms with Crippen LogP contribution in [0.4, 0.5) is 17.3 Å². The van der Waals surface area contributed by atoms with Gasteiger partial charge < -0.3 is 15.4 Å². The average Bonchev–Trinajstić information content (AvgIpc) is 2.50. The zero-order chi connectivity index (χ0) is 15.2. The number of hydrogen-bond acceptors (Lipinski definition) is 5. The third-order valence-electron chi connectivity index (χ3n) is 3.05. The van der Waals surface area contributed by atoms with Crippen molar-refractivity contribution >= 4 is 33.3 Å². The maximum Gasteiger partial charge on any atom is 0.138 e. The van der Waals surface area contributed by atoms with Gasteiger partial charge >= 0.3 is 0 Å².